The van der Waals surface area contributed by atoms with Gasteiger partial charge in [-0.05, 0) is 44.2 Å². The lowest BCUT2D eigenvalue weighted by molar-refractivity contribution is -0.137. The Kier molecular flexibility index (Phi) is 6.42. The Morgan fingerprint density at radius 3 is 2.60 bits per heavy atom. The van der Waals surface area contributed by atoms with Crippen molar-refractivity contribution in [1.82, 2.24) is 9.55 Å². The summed E-state index contributed by atoms with van der Waals surface area (Å²) in [5.41, 5.74) is -1.17. The van der Waals surface area contributed by atoms with Crippen molar-refractivity contribution in [2.24, 2.45) is 0 Å². The number of para-hydroxylation sites is 1. The summed E-state index contributed by atoms with van der Waals surface area (Å²) in [6.45, 7) is 3.62. The number of halogens is 4. The van der Waals surface area contributed by atoms with E-state index in [0.717, 1.165) is 23.9 Å². The van der Waals surface area contributed by atoms with Crippen LogP contribution in [0.25, 0.3) is 10.9 Å². The molecule has 0 spiro atoms. The lowest BCUT2D eigenvalue weighted by Crippen LogP contribution is -2.26. The molecule has 30 heavy (non-hydrogen) atoms. The monoisotopic (exact) mass is 455 g/mol. The molecular weight excluding hydrogens is 439 g/mol. The van der Waals surface area contributed by atoms with Crippen molar-refractivity contribution >= 4 is 45.9 Å². The maximum absolute atomic E-state index is 13.2. The van der Waals surface area contributed by atoms with E-state index in [0.29, 0.717) is 16.1 Å². The molecule has 1 heterocycles. The van der Waals surface area contributed by atoms with Crippen molar-refractivity contribution in [2.75, 3.05) is 11.1 Å². The Labute approximate surface area is 179 Å². The number of hydrogen-bond donors (Lipinski definition) is 1. The van der Waals surface area contributed by atoms with Crippen LogP contribution < -0.4 is 10.9 Å². The van der Waals surface area contributed by atoms with Gasteiger partial charge in [0.25, 0.3) is 5.56 Å². The van der Waals surface area contributed by atoms with Crippen LogP contribution in [-0.2, 0) is 11.0 Å². The second-order valence-corrected chi connectivity index (χ2v) is 8.08. The Balaban J connectivity index is 1.85. The standard InChI is InChI=1S/C20H17ClF3N3O2S/c1-11(2)27-18(29)13-5-3-4-6-15(13)26-19(27)30-10-17(28)25-16-8-7-12(21)9-14(16)20(22,23)24/h3-9,11H,10H2,1-2H3,(H,25,28). The topological polar surface area (TPSA) is 64.0 Å². The van der Waals surface area contributed by atoms with E-state index in [-0.39, 0.29) is 28.1 Å². The number of nitrogens with one attached hydrogen (secondary N) is 1. The van der Waals surface area contributed by atoms with Gasteiger partial charge in [0, 0.05) is 11.1 Å². The number of fused-ring (bicyclic) bond motifs is 1. The minimum Gasteiger partial charge on any atom is -0.325 e. The van der Waals surface area contributed by atoms with Crippen molar-refractivity contribution < 1.29 is 18.0 Å². The van der Waals surface area contributed by atoms with Crippen molar-refractivity contribution in [3.8, 4) is 0 Å². The normalized spacial score (nSPS) is 11.8. The largest absolute Gasteiger partial charge is 0.418 e. The molecular formula is C20H17ClF3N3O2S. The zero-order chi connectivity index (χ0) is 22.1. The van der Waals surface area contributed by atoms with Crippen LogP contribution in [0.1, 0.15) is 25.5 Å². The molecule has 0 radical (unpaired) electrons. The summed E-state index contributed by atoms with van der Waals surface area (Å²) in [5.74, 6) is -0.886. The molecule has 5 nitrogen and oxygen atoms in total. The van der Waals surface area contributed by atoms with E-state index in [4.69, 9.17) is 11.6 Å². The number of thioether (sulfide) groups is 1. The summed E-state index contributed by atoms with van der Waals surface area (Å²) in [6.07, 6.45) is -4.67. The van der Waals surface area contributed by atoms with E-state index in [1.165, 1.54) is 10.6 Å². The molecule has 1 aromatic heterocycles. The van der Waals surface area contributed by atoms with Gasteiger partial charge >= 0.3 is 6.18 Å². The molecule has 0 aliphatic carbocycles. The third-order valence-corrected chi connectivity index (χ3v) is 5.37. The fourth-order valence-electron chi connectivity index (χ4n) is 2.86. The third-order valence-electron chi connectivity index (χ3n) is 4.19. The Morgan fingerprint density at radius 1 is 1.23 bits per heavy atom. The molecule has 2 aromatic carbocycles. The van der Waals surface area contributed by atoms with Gasteiger partial charge in [-0.25, -0.2) is 4.98 Å². The van der Waals surface area contributed by atoms with Crippen LogP contribution in [0, 0.1) is 0 Å². The average molecular weight is 456 g/mol. The van der Waals surface area contributed by atoms with Crippen LogP contribution >= 0.6 is 23.4 Å². The van der Waals surface area contributed by atoms with Gasteiger partial charge < -0.3 is 5.32 Å². The Bertz CT molecular complexity index is 1160. The minimum atomic E-state index is -4.67. The number of aromatic nitrogens is 2. The summed E-state index contributed by atoms with van der Waals surface area (Å²) >= 11 is 6.63. The number of carbonyl (C=O) groups excluding carboxylic acids is 1. The zero-order valence-electron chi connectivity index (χ0n) is 16.0. The second kappa shape index (κ2) is 8.69. The maximum atomic E-state index is 13.2. The smallest absolute Gasteiger partial charge is 0.325 e. The first kappa shape index (κ1) is 22.2. The molecule has 3 aromatic rings. The molecule has 1 N–H and O–H groups in total. The van der Waals surface area contributed by atoms with Crippen molar-refractivity contribution in [1.29, 1.82) is 0 Å². The number of hydrogen-bond acceptors (Lipinski definition) is 4. The fraction of sp³-hybridized carbons (Fsp3) is 0.250. The average Bonchev–Trinajstić information content (AvgIpc) is 2.66. The highest BCUT2D eigenvalue weighted by Crippen LogP contribution is 2.36. The van der Waals surface area contributed by atoms with Crippen LogP contribution in [0.2, 0.25) is 5.02 Å². The number of carbonyl (C=O) groups is 1. The molecule has 3 rings (SSSR count). The molecule has 10 heteroatoms. The van der Waals surface area contributed by atoms with Crippen LogP contribution in [0.4, 0.5) is 18.9 Å². The zero-order valence-corrected chi connectivity index (χ0v) is 17.5. The van der Waals surface area contributed by atoms with Crippen LogP contribution in [0.3, 0.4) is 0 Å². The Hall–Kier alpha value is -2.52. The fourth-order valence-corrected chi connectivity index (χ4v) is 3.96. The van der Waals surface area contributed by atoms with Crippen LogP contribution in [0.15, 0.2) is 52.4 Å². The number of anilines is 1. The van der Waals surface area contributed by atoms with Gasteiger partial charge in [-0.2, -0.15) is 13.2 Å². The van der Waals surface area contributed by atoms with Gasteiger partial charge in [0.2, 0.25) is 5.91 Å². The summed E-state index contributed by atoms with van der Waals surface area (Å²) in [4.78, 5) is 29.6. The van der Waals surface area contributed by atoms with E-state index >= 15 is 0 Å². The van der Waals surface area contributed by atoms with Crippen LogP contribution in [-0.4, -0.2) is 21.2 Å². The molecule has 0 saturated carbocycles. The number of amides is 1. The van der Waals surface area contributed by atoms with E-state index in [1.807, 2.05) is 13.8 Å². The highest BCUT2D eigenvalue weighted by atomic mass is 35.5. The first-order chi connectivity index (χ1) is 14.1. The highest BCUT2D eigenvalue weighted by Gasteiger charge is 2.34. The predicted octanol–water partition coefficient (Wildman–Crippen LogP) is 5.38. The number of alkyl halides is 3. The van der Waals surface area contributed by atoms with Crippen molar-refractivity contribution in [2.45, 2.75) is 31.2 Å². The highest BCUT2D eigenvalue weighted by molar-refractivity contribution is 7.99. The van der Waals surface area contributed by atoms with Gasteiger partial charge in [-0.15, -0.1) is 0 Å². The second-order valence-electron chi connectivity index (χ2n) is 6.70. The molecule has 0 aliphatic heterocycles. The Morgan fingerprint density at radius 2 is 1.93 bits per heavy atom. The van der Waals surface area contributed by atoms with Gasteiger partial charge in [-0.3, -0.25) is 14.2 Å². The van der Waals surface area contributed by atoms with E-state index in [9.17, 15) is 22.8 Å². The molecule has 1 amide bonds. The quantitative estimate of drug-likeness (QED) is 0.414. The number of nitrogens with zero attached hydrogens (tertiary/aromatic N) is 2. The summed E-state index contributed by atoms with van der Waals surface area (Å²) in [6, 6.07) is 9.75. The minimum absolute atomic E-state index is 0.0870. The van der Waals surface area contributed by atoms with E-state index in [2.05, 4.69) is 10.3 Å². The third kappa shape index (κ3) is 4.79. The predicted molar refractivity (Wildman–Crippen MR) is 112 cm³/mol. The summed E-state index contributed by atoms with van der Waals surface area (Å²) in [5, 5.41) is 2.94. The molecule has 0 aliphatic rings. The van der Waals surface area contributed by atoms with Crippen molar-refractivity contribution in [3.05, 3.63) is 63.4 Å². The summed E-state index contributed by atoms with van der Waals surface area (Å²) in [7, 11) is 0. The van der Waals surface area contributed by atoms with Gasteiger partial charge in [0.15, 0.2) is 5.16 Å². The van der Waals surface area contributed by atoms with E-state index in [1.54, 1.807) is 24.3 Å². The molecule has 0 fully saturated rings. The van der Waals surface area contributed by atoms with Gasteiger partial charge in [-0.1, -0.05) is 35.5 Å². The lowest BCUT2D eigenvalue weighted by atomic mass is 10.1. The van der Waals surface area contributed by atoms with E-state index < -0.39 is 17.6 Å². The molecule has 0 bridgehead atoms. The number of benzene rings is 2. The van der Waals surface area contributed by atoms with Crippen LogP contribution in [0.5, 0.6) is 0 Å². The summed E-state index contributed by atoms with van der Waals surface area (Å²) < 4.78 is 41.1. The first-order valence-electron chi connectivity index (χ1n) is 8.88. The van der Waals surface area contributed by atoms with Crippen molar-refractivity contribution in [3.63, 3.8) is 0 Å². The molecule has 0 saturated heterocycles. The molecule has 158 valence electrons. The first-order valence-corrected chi connectivity index (χ1v) is 10.2. The lowest BCUT2D eigenvalue weighted by Gasteiger charge is -2.16. The van der Waals surface area contributed by atoms with Gasteiger partial charge in [0.1, 0.15) is 0 Å². The molecule has 0 unspecified atom stereocenters. The number of rotatable bonds is 5. The maximum Gasteiger partial charge on any atom is 0.418 e. The SMILES string of the molecule is CC(C)n1c(SCC(=O)Nc2ccc(Cl)cc2C(F)(F)F)nc2ccccc2c1=O. The molecule has 0 atom stereocenters. The van der Waals surface area contributed by atoms with Gasteiger partial charge in [0.05, 0.1) is 27.9 Å².